The van der Waals surface area contributed by atoms with Gasteiger partial charge in [0.2, 0.25) is 5.91 Å². The lowest BCUT2D eigenvalue weighted by Gasteiger charge is -2.21. The van der Waals surface area contributed by atoms with Crippen molar-refractivity contribution in [2.24, 2.45) is 11.7 Å². The fraction of sp³-hybridized carbons (Fsp3) is 0.316. The van der Waals surface area contributed by atoms with Gasteiger partial charge in [-0.1, -0.05) is 43.3 Å². The summed E-state index contributed by atoms with van der Waals surface area (Å²) in [6.45, 7) is 3.39. The van der Waals surface area contributed by atoms with Gasteiger partial charge in [-0.3, -0.25) is 4.79 Å². The van der Waals surface area contributed by atoms with Gasteiger partial charge in [-0.2, -0.15) is 0 Å². The van der Waals surface area contributed by atoms with Crippen LogP contribution in [0, 0.1) is 5.92 Å². The summed E-state index contributed by atoms with van der Waals surface area (Å²) in [5.41, 5.74) is 8.13. The Labute approximate surface area is 141 Å². The molecule has 5 nitrogen and oxygen atoms in total. The van der Waals surface area contributed by atoms with Crippen molar-refractivity contribution in [3.63, 3.8) is 0 Å². The summed E-state index contributed by atoms with van der Waals surface area (Å²) >= 11 is 0. The van der Waals surface area contributed by atoms with Gasteiger partial charge in [-0.25, -0.2) is 0 Å². The minimum absolute atomic E-state index is 0.0683. The summed E-state index contributed by atoms with van der Waals surface area (Å²) in [6, 6.07) is 15.0. The molecule has 5 heteroatoms. The smallest absolute Gasteiger partial charge is 0.225 e. The molecule has 1 heterocycles. The molecule has 1 aliphatic rings. The minimum atomic E-state index is -0.327. The molecular formula is C19H22N2O3. The average Bonchev–Trinajstić information content (AvgIpc) is 2.65. The van der Waals surface area contributed by atoms with Crippen molar-refractivity contribution in [3.8, 4) is 11.5 Å². The normalized spacial score (nSPS) is 15.4. The van der Waals surface area contributed by atoms with Crippen LogP contribution in [-0.4, -0.2) is 19.1 Å². The van der Waals surface area contributed by atoms with Gasteiger partial charge in [0.15, 0.2) is 11.5 Å². The van der Waals surface area contributed by atoms with E-state index in [0.29, 0.717) is 19.8 Å². The number of amides is 1. The molecule has 0 aromatic heterocycles. The summed E-state index contributed by atoms with van der Waals surface area (Å²) in [4.78, 5) is 12.4. The van der Waals surface area contributed by atoms with E-state index >= 15 is 0 Å². The van der Waals surface area contributed by atoms with Crippen LogP contribution in [0.3, 0.4) is 0 Å². The maximum Gasteiger partial charge on any atom is 0.225 e. The largest absolute Gasteiger partial charge is 0.486 e. The number of nitrogens with two attached hydrogens (primary N) is 1. The number of hydrogen-bond donors (Lipinski definition) is 2. The Kier molecular flexibility index (Phi) is 5.01. The zero-order valence-corrected chi connectivity index (χ0v) is 13.7. The monoisotopic (exact) mass is 326 g/mol. The third kappa shape index (κ3) is 3.68. The van der Waals surface area contributed by atoms with E-state index in [1.165, 1.54) is 0 Å². The molecule has 0 radical (unpaired) electrons. The molecule has 2 atom stereocenters. The third-order valence-electron chi connectivity index (χ3n) is 4.21. The third-order valence-corrected chi connectivity index (χ3v) is 4.21. The number of rotatable bonds is 5. The Balaban J connectivity index is 1.59. The molecular weight excluding hydrogens is 304 g/mol. The van der Waals surface area contributed by atoms with Crippen LogP contribution in [0.2, 0.25) is 0 Å². The fourth-order valence-electron chi connectivity index (χ4n) is 2.67. The Morgan fingerprint density at radius 3 is 2.58 bits per heavy atom. The van der Waals surface area contributed by atoms with Gasteiger partial charge in [0.25, 0.3) is 0 Å². The van der Waals surface area contributed by atoms with E-state index in [1.54, 1.807) is 0 Å². The van der Waals surface area contributed by atoms with E-state index in [2.05, 4.69) is 5.32 Å². The maximum absolute atomic E-state index is 12.4. The average molecular weight is 326 g/mol. The van der Waals surface area contributed by atoms with Crippen molar-refractivity contribution in [2.45, 2.75) is 19.5 Å². The highest BCUT2D eigenvalue weighted by Crippen LogP contribution is 2.30. The van der Waals surface area contributed by atoms with Crippen LogP contribution in [-0.2, 0) is 11.3 Å². The second-order valence-electron chi connectivity index (χ2n) is 5.92. The minimum Gasteiger partial charge on any atom is -0.486 e. The molecule has 2 aromatic carbocycles. The molecule has 126 valence electrons. The SMILES string of the molecule is CC(C(=O)NCc1ccc2c(c1)OCCO2)C(N)c1ccccc1. The predicted octanol–water partition coefficient (Wildman–Crippen LogP) is 2.41. The Morgan fingerprint density at radius 1 is 1.12 bits per heavy atom. The molecule has 2 unspecified atom stereocenters. The van der Waals surface area contributed by atoms with Gasteiger partial charge >= 0.3 is 0 Å². The topological polar surface area (TPSA) is 73.6 Å². The molecule has 2 aromatic rings. The molecule has 0 spiro atoms. The molecule has 0 bridgehead atoms. The van der Waals surface area contributed by atoms with Gasteiger partial charge in [0.05, 0.1) is 5.92 Å². The molecule has 3 N–H and O–H groups in total. The maximum atomic E-state index is 12.4. The van der Waals surface area contributed by atoms with Crippen molar-refractivity contribution in [1.82, 2.24) is 5.32 Å². The van der Waals surface area contributed by atoms with Crippen molar-refractivity contribution >= 4 is 5.91 Å². The number of carbonyl (C=O) groups excluding carboxylic acids is 1. The van der Waals surface area contributed by atoms with E-state index in [0.717, 1.165) is 22.6 Å². The first-order valence-electron chi connectivity index (χ1n) is 8.12. The van der Waals surface area contributed by atoms with Crippen LogP contribution >= 0.6 is 0 Å². The number of benzene rings is 2. The summed E-state index contributed by atoms with van der Waals surface area (Å²) < 4.78 is 11.1. The van der Waals surface area contributed by atoms with E-state index in [9.17, 15) is 4.79 Å². The van der Waals surface area contributed by atoms with Gasteiger partial charge in [-0.05, 0) is 23.3 Å². The van der Waals surface area contributed by atoms with Crippen LogP contribution in [0.15, 0.2) is 48.5 Å². The molecule has 1 amide bonds. The number of ether oxygens (including phenoxy) is 2. The van der Waals surface area contributed by atoms with Crippen molar-refractivity contribution in [2.75, 3.05) is 13.2 Å². The van der Waals surface area contributed by atoms with Crippen molar-refractivity contribution in [1.29, 1.82) is 0 Å². The van der Waals surface area contributed by atoms with Crippen LogP contribution in [0.5, 0.6) is 11.5 Å². The van der Waals surface area contributed by atoms with Crippen molar-refractivity contribution in [3.05, 3.63) is 59.7 Å². The lowest BCUT2D eigenvalue weighted by molar-refractivity contribution is -0.125. The predicted molar refractivity (Wildman–Crippen MR) is 91.8 cm³/mol. The highest BCUT2D eigenvalue weighted by Gasteiger charge is 2.22. The highest BCUT2D eigenvalue weighted by molar-refractivity contribution is 5.79. The number of hydrogen-bond acceptors (Lipinski definition) is 4. The Bertz CT molecular complexity index is 703. The number of fused-ring (bicyclic) bond motifs is 1. The molecule has 3 rings (SSSR count). The van der Waals surface area contributed by atoms with E-state index in [1.807, 2.05) is 55.5 Å². The number of carbonyl (C=O) groups is 1. The quantitative estimate of drug-likeness (QED) is 0.885. The van der Waals surface area contributed by atoms with E-state index < -0.39 is 0 Å². The molecule has 1 aliphatic heterocycles. The summed E-state index contributed by atoms with van der Waals surface area (Å²) in [5, 5.41) is 2.94. The second kappa shape index (κ2) is 7.36. The summed E-state index contributed by atoms with van der Waals surface area (Å²) in [5.74, 6) is 1.09. The van der Waals surface area contributed by atoms with Crippen molar-refractivity contribution < 1.29 is 14.3 Å². The van der Waals surface area contributed by atoms with Crippen LogP contribution in [0.4, 0.5) is 0 Å². The van der Waals surface area contributed by atoms with Crippen LogP contribution < -0.4 is 20.5 Å². The molecule has 0 aliphatic carbocycles. The lowest BCUT2D eigenvalue weighted by atomic mass is 9.94. The first kappa shape index (κ1) is 16.3. The van der Waals surface area contributed by atoms with Gasteiger partial charge in [0, 0.05) is 12.6 Å². The summed E-state index contributed by atoms with van der Waals surface area (Å²) in [6.07, 6.45) is 0. The lowest BCUT2D eigenvalue weighted by Crippen LogP contribution is -2.35. The first-order valence-corrected chi connectivity index (χ1v) is 8.12. The first-order chi connectivity index (χ1) is 11.6. The van der Waals surface area contributed by atoms with E-state index in [-0.39, 0.29) is 17.9 Å². The Morgan fingerprint density at radius 2 is 1.83 bits per heavy atom. The molecule has 0 saturated heterocycles. The highest BCUT2D eigenvalue weighted by atomic mass is 16.6. The second-order valence-corrected chi connectivity index (χ2v) is 5.92. The van der Waals surface area contributed by atoms with Gasteiger partial charge < -0.3 is 20.5 Å². The molecule has 0 fully saturated rings. The van der Waals surface area contributed by atoms with Gasteiger partial charge in [0.1, 0.15) is 13.2 Å². The summed E-state index contributed by atoms with van der Waals surface area (Å²) in [7, 11) is 0. The van der Waals surface area contributed by atoms with Gasteiger partial charge in [-0.15, -0.1) is 0 Å². The zero-order chi connectivity index (χ0) is 16.9. The molecule has 0 saturated carbocycles. The van der Waals surface area contributed by atoms with Crippen LogP contribution in [0.1, 0.15) is 24.1 Å². The van der Waals surface area contributed by atoms with E-state index in [4.69, 9.17) is 15.2 Å². The number of nitrogens with one attached hydrogen (secondary N) is 1. The fourth-order valence-corrected chi connectivity index (χ4v) is 2.67. The molecule has 24 heavy (non-hydrogen) atoms. The zero-order valence-electron chi connectivity index (χ0n) is 13.7. The Hall–Kier alpha value is -2.53. The van der Waals surface area contributed by atoms with Crippen LogP contribution in [0.25, 0.3) is 0 Å². The standard InChI is InChI=1S/C19H22N2O3/c1-13(18(20)15-5-3-2-4-6-15)19(22)21-12-14-7-8-16-17(11-14)24-10-9-23-16/h2-8,11,13,18H,9-10,12,20H2,1H3,(H,21,22).